The lowest BCUT2D eigenvalue weighted by Gasteiger charge is -2.51. The Morgan fingerprint density at radius 1 is 0.157 bits per heavy atom. The Bertz CT molecular complexity index is 1070. The molecule has 0 aromatic carbocycles. The van der Waals surface area contributed by atoms with Crippen molar-refractivity contribution >= 4 is 0 Å². The molecular weight excluding hydrogens is 854 g/mol. The highest BCUT2D eigenvalue weighted by Gasteiger charge is 2.96. The summed E-state index contributed by atoms with van der Waals surface area (Å²) in [6, 6.07) is -60.9. The monoisotopic (exact) mass is 854 g/mol. The first-order valence-corrected chi connectivity index (χ1v) is 10.3. The number of halogens is 34. The molecule has 0 aliphatic heterocycles. The van der Waals surface area contributed by atoms with E-state index in [-0.39, 0.29) is 0 Å². The summed E-state index contributed by atoms with van der Waals surface area (Å²) in [6.07, 6.45) is -35.3. The Kier molecular flexibility index (Phi) is 11.2. The average Bonchev–Trinajstić information content (AvgIpc) is 2.79. The lowest BCUT2D eigenvalue weighted by atomic mass is 10.0. The molecule has 0 spiro atoms. The maximum Gasteiger partial charge on any atom is 0.461 e. The fourth-order valence-electron chi connectivity index (χ4n) is 2.76. The molecule has 0 atom stereocenters. The van der Waals surface area contributed by atoms with Gasteiger partial charge >= 0.3 is 90.6 Å². The third kappa shape index (κ3) is 6.46. The van der Waals surface area contributed by atoms with E-state index in [0.717, 1.165) is 0 Å². The smallest absolute Gasteiger partial charge is 0.189 e. The molecule has 0 rings (SSSR count). The van der Waals surface area contributed by atoms with E-state index in [2.05, 4.69) is 0 Å². The van der Waals surface area contributed by atoms with Gasteiger partial charge in [0.25, 0.3) is 0 Å². The summed E-state index contributed by atoms with van der Waals surface area (Å²) < 4.78 is 452. The summed E-state index contributed by atoms with van der Waals surface area (Å²) in [5, 5.41) is 0. The van der Waals surface area contributed by atoms with E-state index in [0.29, 0.717) is 0 Å². The normalized spacial score (nSPS) is 17.2. The van der Waals surface area contributed by atoms with Gasteiger partial charge in [-0.25, -0.2) is 0 Å². The van der Waals surface area contributed by atoms with Crippen LogP contribution in [0.2, 0.25) is 0 Å². The van der Waals surface area contributed by atoms with Crippen LogP contribution < -0.4 is 0 Å². The number of alkyl halides is 34. The van der Waals surface area contributed by atoms with Crippen LogP contribution >= 0.6 is 0 Å². The third-order valence-corrected chi connectivity index (χ3v) is 5.38. The van der Waals surface area contributed by atoms with Crippen molar-refractivity contribution in [2.75, 3.05) is 0 Å². The minimum absolute atomic E-state index is 6.43. The minimum atomic E-state index is -10.6. The number of hydrogen-bond donors (Lipinski definition) is 0. The summed E-state index contributed by atoms with van der Waals surface area (Å²) in [5.41, 5.74) is 0. The van der Waals surface area contributed by atoms with Crippen molar-refractivity contribution in [3.8, 4) is 0 Å². The molecule has 0 aromatic heterocycles. The first-order chi connectivity index (χ1) is 21.2. The van der Waals surface area contributed by atoms with Crippen LogP contribution in [0.15, 0.2) is 0 Å². The molecule has 0 aliphatic rings. The molecule has 0 aromatic rings. The minimum Gasteiger partial charge on any atom is -0.189 e. The number of hydrogen-bond acceptors (Lipinski definition) is 2. The van der Waals surface area contributed by atoms with Crippen LogP contribution in [0.3, 0.4) is 0 Å². The number of nitrogens with zero attached hydrogens (tertiary/aromatic N) is 2. The standard InChI is InChI=1S/C15F34N2/c16-1(17,6(26,27)28)10(38,39)50(11(40,41)2(18,19)7(29,30)31)14(46,47)5(24,25)15(48,49)51(12(42,43)3(20,21)8(32,33)34)13(44,45)4(22,23)9(35,36)37. The second-order valence-corrected chi connectivity index (χ2v) is 8.78. The first kappa shape index (κ1) is 48.5. The van der Waals surface area contributed by atoms with E-state index >= 15 is 0 Å². The zero-order chi connectivity index (χ0) is 42.7. The molecule has 51 heavy (non-hydrogen) atoms. The highest BCUT2D eigenvalue weighted by Crippen LogP contribution is 2.66. The SMILES string of the molecule is FC(F)(F)C(F)(F)C(F)(F)N(C(F)(F)C(F)(F)C(F)(F)F)C(F)(F)C(F)(F)C(F)(F)N(C(F)(F)C(F)(F)C(F)(F)F)C(F)(F)C(F)(F)C(F)(F)F. The van der Waals surface area contributed by atoms with Crippen LogP contribution in [0.5, 0.6) is 0 Å². The molecule has 36 heteroatoms. The van der Waals surface area contributed by atoms with Crippen LogP contribution in [0.25, 0.3) is 0 Å². The molecule has 0 heterocycles. The van der Waals surface area contributed by atoms with Gasteiger partial charge in [-0.05, 0) is 0 Å². The molecule has 2 nitrogen and oxygen atoms in total. The van der Waals surface area contributed by atoms with E-state index in [1.54, 1.807) is 0 Å². The zero-order valence-electron chi connectivity index (χ0n) is 21.2. The lowest BCUT2D eigenvalue weighted by molar-refractivity contribution is -0.545. The highest BCUT2D eigenvalue weighted by molar-refractivity contribution is 5.11. The highest BCUT2D eigenvalue weighted by atomic mass is 19.5. The predicted octanol–water partition coefficient (Wildman–Crippen LogP) is 10.6. The van der Waals surface area contributed by atoms with Gasteiger partial charge in [-0.3, -0.25) is 0 Å². The third-order valence-electron chi connectivity index (χ3n) is 5.38. The Morgan fingerprint density at radius 2 is 0.255 bits per heavy atom. The summed E-state index contributed by atoms with van der Waals surface area (Å²) >= 11 is 0. The Labute approximate surface area is 251 Å². The first-order valence-electron chi connectivity index (χ1n) is 10.3. The van der Waals surface area contributed by atoms with Crippen molar-refractivity contribution in [1.29, 1.82) is 0 Å². The molecule has 0 N–H and O–H groups in total. The summed E-state index contributed by atoms with van der Waals surface area (Å²) in [7, 11) is 0. The molecule has 0 aliphatic carbocycles. The molecule has 0 saturated carbocycles. The molecule has 0 bridgehead atoms. The van der Waals surface area contributed by atoms with Gasteiger partial charge in [-0.1, -0.05) is 0 Å². The maximum atomic E-state index is 14.4. The van der Waals surface area contributed by atoms with Crippen molar-refractivity contribution in [2.45, 2.75) is 90.6 Å². The molecule has 308 valence electrons. The second kappa shape index (κ2) is 11.8. The van der Waals surface area contributed by atoms with Gasteiger partial charge in [0, 0.05) is 0 Å². The average molecular weight is 854 g/mol. The lowest BCUT2D eigenvalue weighted by Crippen LogP contribution is -2.83. The second-order valence-electron chi connectivity index (χ2n) is 8.78. The van der Waals surface area contributed by atoms with Crippen molar-refractivity contribution in [3.05, 3.63) is 0 Å². The fourth-order valence-corrected chi connectivity index (χ4v) is 2.76. The molecule has 0 fully saturated rings. The molecule has 0 amide bonds. The van der Waals surface area contributed by atoms with E-state index in [4.69, 9.17) is 0 Å². The molecule has 0 unspecified atom stereocenters. The van der Waals surface area contributed by atoms with Crippen LogP contribution in [-0.4, -0.2) is 100 Å². The quantitative estimate of drug-likeness (QED) is 0.143. The topological polar surface area (TPSA) is 6.48 Å². The van der Waals surface area contributed by atoms with Crippen LogP contribution in [0.1, 0.15) is 0 Å². The Morgan fingerprint density at radius 3 is 0.353 bits per heavy atom. The van der Waals surface area contributed by atoms with Gasteiger partial charge in [-0.2, -0.15) is 149 Å². The zero-order valence-corrected chi connectivity index (χ0v) is 21.2. The summed E-state index contributed by atoms with van der Waals surface area (Å²) in [4.78, 5) is -12.9. The van der Waals surface area contributed by atoms with Crippen molar-refractivity contribution < 1.29 is 149 Å². The largest absolute Gasteiger partial charge is 0.461 e. The Balaban J connectivity index is 8.90. The van der Waals surface area contributed by atoms with E-state index < -0.39 is 100 Å². The van der Waals surface area contributed by atoms with Gasteiger partial charge in [0.05, 0.1) is 0 Å². The fraction of sp³-hybridized carbons (Fsp3) is 1.00. The van der Waals surface area contributed by atoms with Crippen molar-refractivity contribution in [2.24, 2.45) is 0 Å². The predicted molar refractivity (Wildman–Crippen MR) is 82.3 cm³/mol. The molecule has 0 saturated heterocycles. The maximum absolute atomic E-state index is 14.4. The van der Waals surface area contributed by atoms with Crippen LogP contribution in [0.4, 0.5) is 149 Å². The Hall–Kier alpha value is -2.46. The molecular formula is C15F34N2. The van der Waals surface area contributed by atoms with E-state index in [9.17, 15) is 149 Å². The van der Waals surface area contributed by atoms with E-state index in [1.165, 1.54) is 0 Å². The summed E-state index contributed by atoms with van der Waals surface area (Å²) in [5.74, 6) is -48.3. The van der Waals surface area contributed by atoms with Gasteiger partial charge in [0.1, 0.15) is 0 Å². The summed E-state index contributed by atoms with van der Waals surface area (Å²) in [6.45, 7) is 0. The van der Waals surface area contributed by atoms with Gasteiger partial charge in [0.2, 0.25) is 0 Å². The van der Waals surface area contributed by atoms with Gasteiger partial charge in [-0.15, -0.1) is 9.80 Å². The van der Waals surface area contributed by atoms with Crippen molar-refractivity contribution in [1.82, 2.24) is 9.80 Å². The van der Waals surface area contributed by atoms with Gasteiger partial charge in [0.15, 0.2) is 0 Å². The molecule has 0 radical (unpaired) electrons. The number of rotatable bonds is 12. The van der Waals surface area contributed by atoms with Gasteiger partial charge < -0.3 is 0 Å². The van der Waals surface area contributed by atoms with E-state index in [1.807, 2.05) is 0 Å². The van der Waals surface area contributed by atoms with Crippen LogP contribution in [0, 0.1) is 0 Å². The van der Waals surface area contributed by atoms with Crippen LogP contribution in [-0.2, 0) is 0 Å². The van der Waals surface area contributed by atoms with Crippen molar-refractivity contribution in [3.63, 3.8) is 0 Å².